The van der Waals surface area contributed by atoms with Crippen molar-refractivity contribution in [3.8, 4) is 5.75 Å². The first-order valence-electron chi connectivity index (χ1n) is 26.4. The number of nitrogens with one attached hydrogen (secondary N) is 9. The first-order valence-corrected chi connectivity index (χ1v) is 27.6. The van der Waals surface area contributed by atoms with Crippen LogP contribution in [0.25, 0.3) is 0 Å². The lowest BCUT2D eigenvalue weighted by molar-refractivity contribution is -0.139. The van der Waals surface area contributed by atoms with Crippen LogP contribution in [0.4, 0.5) is 0 Å². The molecule has 0 aliphatic heterocycles. The zero-order valence-corrected chi connectivity index (χ0v) is 47.5. The third kappa shape index (κ3) is 28.2. The van der Waals surface area contributed by atoms with Gasteiger partial charge < -0.3 is 85.7 Å². The van der Waals surface area contributed by atoms with Crippen LogP contribution in [0.5, 0.6) is 5.75 Å². The summed E-state index contributed by atoms with van der Waals surface area (Å²) < 4.78 is 5.13. The zero-order valence-electron chi connectivity index (χ0n) is 46.7. The van der Waals surface area contributed by atoms with Crippen LogP contribution >= 0.6 is 11.8 Å². The van der Waals surface area contributed by atoms with Crippen LogP contribution in [0.2, 0.25) is 0 Å². The van der Waals surface area contributed by atoms with Gasteiger partial charge >= 0.3 is 5.97 Å². The molecule has 19 N–H and O–H groups in total. The Kier molecular flexibility index (Phi) is 33.4. The van der Waals surface area contributed by atoms with Gasteiger partial charge in [-0.3, -0.25) is 52.7 Å². The van der Waals surface area contributed by atoms with Gasteiger partial charge in [-0.25, -0.2) is 4.79 Å². The minimum absolute atomic E-state index is 0.0295. The van der Waals surface area contributed by atoms with E-state index in [1.165, 1.54) is 0 Å². The third-order valence-electron chi connectivity index (χ3n) is 11.9. The normalized spacial score (nSPS) is 14.4. The molecule has 0 bridgehead atoms. The van der Waals surface area contributed by atoms with E-state index in [1.807, 2.05) is 20.8 Å². The van der Waals surface area contributed by atoms with Crippen LogP contribution in [0.3, 0.4) is 0 Å². The quantitative estimate of drug-likeness (QED) is 0.0298. The summed E-state index contributed by atoms with van der Waals surface area (Å²) >= 11 is 0.828. The van der Waals surface area contributed by atoms with Crippen molar-refractivity contribution in [1.82, 2.24) is 47.9 Å². The molecular weight excluding hydrogens is 1070 g/mol. The first kappa shape index (κ1) is 70.9. The Morgan fingerprint density at radius 3 is 1.73 bits per heavy atom. The number of thioether (sulfide) groups is 1. The highest BCUT2D eigenvalue weighted by molar-refractivity contribution is 8.00. The molecular formula is C51H85N13O15S. The molecule has 450 valence electrons. The fraction of sp³-hybridized carbons (Fsp3) is 0.647. The predicted molar refractivity (Wildman–Crippen MR) is 295 cm³/mol. The molecule has 0 saturated heterocycles. The summed E-state index contributed by atoms with van der Waals surface area (Å²) in [6.07, 6.45) is 1.88. The number of aliphatic hydroxyl groups is 1. The number of primary amides is 2. The average molecular weight is 1150 g/mol. The molecule has 1 rings (SSSR count). The Bertz CT molecular complexity index is 2240. The number of hydrogen-bond donors (Lipinski definition) is 15. The van der Waals surface area contributed by atoms with Gasteiger partial charge in [0.15, 0.2) is 6.61 Å². The summed E-state index contributed by atoms with van der Waals surface area (Å²) in [5, 5.41) is 41.7. The Labute approximate surface area is 470 Å². The molecule has 0 aliphatic rings. The van der Waals surface area contributed by atoms with E-state index in [0.717, 1.165) is 17.3 Å². The monoisotopic (exact) mass is 1150 g/mol. The number of carbonyl (C=O) groups is 12. The maximum absolute atomic E-state index is 14.0. The van der Waals surface area contributed by atoms with E-state index in [0.29, 0.717) is 44.4 Å². The third-order valence-corrected chi connectivity index (χ3v) is 12.9. The van der Waals surface area contributed by atoms with Gasteiger partial charge in [-0.2, -0.15) is 0 Å². The average Bonchev–Trinajstić information content (AvgIpc) is 3.38. The van der Waals surface area contributed by atoms with Crippen molar-refractivity contribution in [1.29, 1.82) is 0 Å². The molecule has 1 aromatic carbocycles. The van der Waals surface area contributed by atoms with E-state index < -0.39 is 157 Å². The van der Waals surface area contributed by atoms with Crippen molar-refractivity contribution in [2.75, 3.05) is 44.4 Å². The molecule has 1 aromatic rings. The molecule has 0 fully saturated rings. The zero-order chi connectivity index (χ0) is 60.6. The Morgan fingerprint density at radius 1 is 0.613 bits per heavy atom. The van der Waals surface area contributed by atoms with Crippen LogP contribution in [-0.4, -0.2) is 174 Å². The fourth-order valence-electron chi connectivity index (χ4n) is 7.55. The highest BCUT2D eigenvalue weighted by Crippen LogP contribution is 2.15. The lowest BCUT2D eigenvalue weighted by atomic mass is 9.99. The van der Waals surface area contributed by atoms with Gasteiger partial charge in [0, 0.05) is 24.3 Å². The Hall–Kier alpha value is -7.11. The number of hydrogen-bond acceptors (Lipinski definition) is 17. The van der Waals surface area contributed by atoms with Crippen molar-refractivity contribution >= 4 is 82.7 Å². The summed E-state index contributed by atoms with van der Waals surface area (Å²) in [4.78, 5) is 156. The van der Waals surface area contributed by atoms with Gasteiger partial charge in [-0.05, 0) is 75.1 Å². The number of benzene rings is 1. The highest BCUT2D eigenvalue weighted by atomic mass is 32.2. The first-order chi connectivity index (χ1) is 37.6. The smallest absolute Gasteiger partial charge is 0.341 e. The number of rotatable bonds is 40. The van der Waals surface area contributed by atoms with Gasteiger partial charge in [0.2, 0.25) is 65.0 Å². The molecule has 80 heavy (non-hydrogen) atoms. The molecule has 0 aromatic heterocycles. The topological polar surface area (TPSA) is 467 Å². The minimum atomic E-state index is -1.74. The largest absolute Gasteiger partial charge is 0.482 e. The van der Waals surface area contributed by atoms with E-state index in [-0.39, 0.29) is 36.8 Å². The number of unbranched alkanes of at least 4 members (excludes halogenated alkanes) is 1. The lowest BCUT2D eigenvalue weighted by Gasteiger charge is -2.28. The molecule has 0 aliphatic carbocycles. The number of aliphatic hydroxyl groups excluding tert-OH is 1. The van der Waals surface area contributed by atoms with Crippen molar-refractivity contribution in [3.05, 3.63) is 29.8 Å². The lowest BCUT2D eigenvalue weighted by Crippen LogP contribution is -2.61. The van der Waals surface area contributed by atoms with Crippen LogP contribution in [-0.2, 0) is 64.0 Å². The standard InChI is InChI=1S/C51H85N13O15S/c1-8-9-12-33(59-48(75)35(20-39(54)66)61-47(74)34(18-27(2)3)60-44(71)29(6)11-10-17-52)46(73)64-43(28(4)5)51(78)62-37(23-65)50(77)63-38(45(72)56-22-40(55)67)25-80-26-41(68)58-36(21-53)49(76)57-30(7)19-31-13-15-32(16-14-31)79-24-42(69)70/h13-16,27-30,33-38,43,65H,8-12,17-26,52-53H2,1-7H3,(H2,54,66)(H2,55,67)(H,56,72)(H,57,76)(H,58,68)(H,59,75)(H,60,71)(H,61,74)(H,62,78)(H,63,77)(H,64,73)(H,69,70)/t29-,30+,33-,34+,35-,36-,37-,38-,43-/m0/s1. The van der Waals surface area contributed by atoms with Gasteiger partial charge in [0.25, 0.3) is 0 Å². The van der Waals surface area contributed by atoms with Gasteiger partial charge in [-0.1, -0.05) is 66.5 Å². The van der Waals surface area contributed by atoms with Crippen LogP contribution in [0.1, 0.15) is 99.0 Å². The van der Waals surface area contributed by atoms with Crippen molar-refractivity contribution in [3.63, 3.8) is 0 Å². The summed E-state index contributed by atoms with van der Waals surface area (Å²) in [5.41, 5.74) is 22.9. The van der Waals surface area contributed by atoms with E-state index in [1.54, 1.807) is 52.0 Å². The molecule has 0 heterocycles. The molecule has 0 unspecified atom stereocenters. The van der Waals surface area contributed by atoms with Gasteiger partial charge in [0.05, 0.1) is 25.3 Å². The maximum Gasteiger partial charge on any atom is 0.341 e. The van der Waals surface area contributed by atoms with Crippen molar-refractivity contribution in [2.45, 2.75) is 148 Å². The molecule has 0 spiro atoms. The summed E-state index contributed by atoms with van der Waals surface area (Å²) in [7, 11) is 0. The van der Waals surface area contributed by atoms with E-state index in [4.69, 9.17) is 32.8 Å². The molecule has 0 radical (unpaired) electrons. The maximum atomic E-state index is 14.0. The minimum Gasteiger partial charge on any atom is -0.482 e. The van der Waals surface area contributed by atoms with Crippen LogP contribution in [0, 0.1) is 17.8 Å². The molecule has 0 saturated carbocycles. The molecule has 11 amide bonds. The molecule has 29 heteroatoms. The SMILES string of the molecule is CCCC[C@H](NC(=O)[C@H](CC(N)=O)NC(=O)[C@@H](CC(C)C)NC(=O)[C@@H](C)CCCN)C(=O)N[C@H](C(=O)N[C@@H](CO)C(=O)N[C@@H](CSCC(=O)N[C@@H](CN)C(=O)N[C@H](C)Cc1ccc(OCC(=O)O)cc1)C(=O)NCC(N)=O)C(C)C. The number of carboxylic acids is 1. The molecule has 28 nitrogen and oxygen atoms in total. The Morgan fingerprint density at radius 2 is 1.18 bits per heavy atom. The second kappa shape index (κ2) is 37.7. The highest BCUT2D eigenvalue weighted by Gasteiger charge is 2.35. The number of aliphatic carboxylic acids is 1. The Balaban J connectivity index is 3.15. The predicted octanol–water partition coefficient (Wildman–Crippen LogP) is -3.98. The van der Waals surface area contributed by atoms with E-state index in [2.05, 4.69) is 47.9 Å². The number of carboxylic acid groups (broad SMARTS) is 1. The number of amides is 11. The van der Waals surface area contributed by atoms with Crippen molar-refractivity contribution < 1.29 is 72.5 Å². The number of carbonyl (C=O) groups excluding carboxylic acids is 11. The second-order valence-corrected chi connectivity index (χ2v) is 21.0. The fourth-order valence-corrected chi connectivity index (χ4v) is 8.41. The van der Waals surface area contributed by atoms with E-state index in [9.17, 15) is 62.6 Å². The van der Waals surface area contributed by atoms with Crippen molar-refractivity contribution in [2.24, 2.45) is 40.7 Å². The van der Waals surface area contributed by atoms with Gasteiger partial charge in [-0.15, -0.1) is 11.8 Å². The molecule has 9 atom stereocenters. The summed E-state index contributed by atoms with van der Waals surface area (Å²) in [5.74, 6) is -11.9. The van der Waals surface area contributed by atoms with Crippen LogP contribution in [0.15, 0.2) is 24.3 Å². The summed E-state index contributed by atoms with van der Waals surface area (Å²) in [6.45, 7) is 9.90. The number of ether oxygens (including phenoxy) is 1. The van der Waals surface area contributed by atoms with Crippen LogP contribution < -0.4 is 75.5 Å². The van der Waals surface area contributed by atoms with E-state index >= 15 is 0 Å². The number of nitrogens with two attached hydrogens (primary N) is 4. The summed E-state index contributed by atoms with van der Waals surface area (Å²) in [6, 6.07) is -3.70. The second-order valence-electron chi connectivity index (χ2n) is 20.0. The van der Waals surface area contributed by atoms with Gasteiger partial charge in [0.1, 0.15) is 48.0 Å².